The fraction of sp³-hybridized carbons (Fsp3) is 0.720. The molecule has 0 fully saturated rings. The van der Waals surface area contributed by atoms with E-state index in [9.17, 15) is 14.4 Å². The summed E-state index contributed by atoms with van der Waals surface area (Å²) < 4.78 is 10.6. The average molecular weight is 438 g/mol. The van der Waals surface area contributed by atoms with Crippen molar-refractivity contribution in [3.05, 3.63) is 24.8 Å². The van der Waals surface area contributed by atoms with E-state index >= 15 is 0 Å². The highest BCUT2D eigenvalue weighted by atomic mass is 16.5. The third kappa shape index (κ3) is 15.4. The SMILES string of the molecule is C=CC(=O)N(CCOC(=O)CCCC/C=C\CC)CCOC(=O)C(CC)CCCCC. The van der Waals surface area contributed by atoms with Crippen LogP contribution in [0.15, 0.2) is 24.8 Å². The Hall–Kier alpha value is -2.11. The van der Waals surface area contributed by atoms with Crippen molar-refractivity contribution in [2.75, 3.05) is 26.3 Å². The summed E-state index contributed by atoms with van der Waals surface area (Å²) in [6.07, 6.45) is 14.4. The monoisotopic (exact) mass is 437 g/mol. The highest BCUT2D eigenvalue weighted by Gasteiger charge is 2.18. The number of nitrogens with zero attached hydrogens (tertiary/aromatic N) is 1. The minimum atomic E-state index is -0.273. The Morgan fingerprint density at radius 2 is 1.65 bits per heavy atom. The van der Waals surface area contributed by atoms with E-state index in [0.29, 0.717) is 6.42 Å². The van der Waals surface area contributed by atoms with Crippen LogP contribution in [0.3, 0.4) is 0 Å². The van der Waals surface area contributed by atoms with Crippen LogP contribution in [0.5, 0.6) is 0 Å². The van der Waals surface area contributed by atoms with Crippen molar-refractivity contribution in [2.45, 2.75) is 85.0 Å². The van der Waals surface area contributed by atoms with E-state index in [1.54, 1.807) is 0 Å². The van der Waals surface area contributed by atoms with Crippen molar-refractivity contribution >= 4 is 17.8 Å². The highest BCUT2D eigenvalue weighted by Crippen LogP contribution is 2.15. The molecule has 1 atom stereocenters. The Kier molecular flexibility index (Phi) is 18.5. The van der Waals surface area contributed by atoms with Gasteiger partial charge in [0.25, 0.3) is 0 Å². The minimum absolute atomic E-state index is 0.0893. The van der Waals surface area contributed by atoms with Crippen LogP contribution < -0.4 is 0 Å². The molecule has 0 aliphatic rings. The quantitative estimate of drug-likeness (QED) is 0.120. The number of hydrogen-bond donors (Lipinski definition) is 0. The fourth-order valence-electron chi connectivity index (χ4n) is 3.12. The van der Waals surface area contributed by atoms with Gasteiger partial charge in [-0.05, 0) is 44.6 Å². The first kappa shape index (κ1) is 28.9. The highest BCUT2D eigenvalue weighted by molar-refractivity contribution is 5.87. The molecule has 0 saturated carbocycles. The average Bonchev–Trinajstić information content (AvgIpc) is 2.77. The standard InChI is InChI=1S/C25H43NO5/c1-5-9-11-12-13-15-17-24(28)30-20-18-26(23(27)8-4)19-21-31-25(29)22(7-3)16-14-10-6-2/h8-9,11,22H,4-7,10,12-21H2,1-3H3/b11-9-. The fourth-order valence-corrected chi connectivity index (χ4v) is 3.12. The van der Waals surface area contributed by atoms with Gasteiger partial charge >= 0.3 is 11.9 Å². The molecule has 0 aliphatic heterocycles. The van der Waals surface area contributed by atoms with Gasteiger partial charge < -0.3 is 14.4 Å². The largest absolute Gasteiger partial charge is 0.464 e. The predicted molar refractivity (Wildman–Crippen MR) is 125 cm³/mol. The second-order valence-electron chi connectivity index (χ2n) is 7.64. The van der Waals surface area contributed by atoms with Crippen molar-refractivity contribution in [1.29, 1.82) is 0 Å². The van der Waals surface area contributed by atoms with E-state index in [-0.39, 0.29) is 50.1 Å². The first-order chi connectivity index (χ1) is 15.0. The molecule has 0 aliphatic carbocycles. The molecule has 1 unspecified atom stereocenters. The summed E-state index contributed by atoms with van der Waals surface area (Å²) in [4.78, 5) is 37.6. The minimum Gasteiger partial charge on any atom is -0.464 e. The van der Waals surface area contributed by atoms with Gasteiger partial charge in [-0.15, -0.1) is 0 Å². The summed E-state index contributed by atoms with van der Waals surface area (Å²) in [5, 5.41) is 0. The van der Waals surface area contributed by atoms with E-state index in [1.165, 1.54) is 11.0 Å². The van der Waals surface area contributed by atoms with Crippen LogP contribution in [0.25, 0.3) is 0 Å². The zero-order valence-electron chi connectivity index (χ0n) is 19.9. The number of esters is 2. The van der Waals surface area contributed by atoms with E-state index in [0.717, 1.165) is 57.8 Å². The summed E-state index contributed by atoms with van der Waals surface area (Å²) in [6, 6.07) is 0. The van der Waals surface area contributed by atoms with Crippen LogP contribution in [-0.2, 0) is 23.9 Å². The number of carbonyl (C=O) groups excluding carboxylic acids is 3. The van der Waals surface area contributed by atoms with Crippen LogP contribution >= 0.6 is 0 Å². The smallest absolute Gasteiger partial charge is 0.308 e. The van der Waals surface area contributed by atoms with E-state index in [4.69, 9.17) is 9.47 Å². The normalized spacial score (nSPS) is 11.8. The van der Waals surface area contributed by atoms with Gasteiger partial charge in [0, 0.05) is 6.42 Å². The number of amides is 1. The molecule has 0 spiro atoms. The zero-order valence-corrected chi connectivity index (χ0v) is 19.9. The topological polar surface area (TPSA) is 72.9 Å². The molecule has 6 nitrogen and oxygen atoms in total. The van der Waals surface area contributed by atoms with E-state index < -0.39 is 0 Å². The summed E-state index contributed by atoms with van der Waals surface area (Å²) in [7, 11) is 0. The van der Waals surface area contributed by atoms with Gasteiger partial charge in [0.05, 0.1) is 19.0 Å². The number of ether oxygens (including phenoxy) is 2. The van der Waals surface area contributed by atoms with Gasteiger partial charge in [-0.1, -0.05) is 58.8 Å². The van der Waals surface area contributed by atoms with E-state index in [1.807, 2.05) is 6.92 Å². The molecular weight excluding hydrogens is 394 g/mol. The summed E-state index contributed by atoms with van der Waals surface area (Å²) in [5.41, 5.74) is 0. The van der Waals surface area contributed by atoms with Crippen LogP contribution in [0.2, 0.25) is 0 Å². The molecule has 0 heterocycles. The number of rotatable bonds is 19. The summed E-state index contributed by atoms with van der Waals surface area (Å²) in [6.45, 7) is 10.5. The Labute approximate surface area is 189 Å². The maximum absolute atomic E-state index is 12.3. The molecule has 0 N–H and O–H groups in total. The lowest BCUT2D eigenvalue weighted by Crippen LogP contribution is -2.36. The number of hydrogen-bond acceptors (Lipinski definition) is 5. The zero-order chi connectivity index (χ0) is 23.3. The molecule has 1 amide bonds. The number of unbranched alkanes of at least 4 members (excludes halogenated alkanes) is 4. The Bertz CT molecular complexity index is 544. The second kappa shape index (κ2) is 19.8. The van der Waals surface area contributed by atoms with Crippen LogP contribution in [-0.4, -0.2) is 49.0 Å². The van der Waals surface area contributed by atoms with Crippen LogP contribution in [0.1, 0.15) is 85.0 Å². The first-order valence-electron chi connectivity index (χ1n) is 11.9. The van der Waals surface area contributed by atoms with Crippen molar-refractivity contribution < 1.29 is 23.9 Å². The van der Waals surface area contributed by atoms with Gasteiger partial charge in [0.2, 0.25) is 5.91 Å². The third-order valence-corrected chi connectivity index (χ3v) is 5.10. The van der Waals surface area contributed by atoms with Gasteiger partial charge in [0.1, 0.15) is 13.2 Å². The maximum Gasteiger partial charge on any atom is 0.308 e. The number of carbonyl (C=O) groups is 3. The summed E-state index contributed by atoms with van der Waals surface area (Å²) in [5.74, 6) is -0.821. The molecule has 178 valence electrons. The van der Waals surface area contributed by atoms with Crippen molar-refractivity contribution in [3.63, 3.8) is 0 Å². The van der Waals surface area contributed by atoms with Crippen molar-refractivity contribution in [1.82, 2.24) is 4.90 Å². The first-order valence-corrected chi connectivity index (χ1v) is 11.9. The summed E-state index contributed by atoms with van der Waals surface area (Å²) >= 11 is 0. The van der Waals surface area contributed by atoms with E-state index in [2.05, 4.69) is 32.6 Å². The molecule has 0 aromatic carbocycles. The maximum atomic E-state index is 12.3. The van der Waals surface area contributed by atoms with Crippen LogP contribution in [0, 0.1) is 5.92 Å². The van der Waals surface area contributed by atoms with Gasteiger partial charge in [-0.25, -0.2) is 0 Å². The lowest BCUT2D eigenvalue weighted by atomic mass is 9.99. The molecular formula is C25H43NO5. The molecule has 6 heteroatoms. The molecule has 0 radical (unpaired) electrons. The molecule has 0 aromatic rings. The number of allylic oxidation sites excluding steroid dienone is 2. The van der Waals surface area contributed by atoms with Gasteiger partial charge in [-0.2, -0.15) is 0 Å². The Morgan fingerprint density at radius 1 is 0.935 bits per heavy atom. The van der Waals surface area contributed by atoms with Crippen LogP contribution in [0.4, 0.5) is 0 Å². The lowest BCUT2D eigenvalue weighted by Gasteiger charge is -2.22. The Balaban J connectivity index is 4.22. The van der Waals surface area contributed by atoms with Gasteiger partial charge in [0.15, 0.2) is 0 Å². The molecule has 0 aromatic heterocycles. The third-order valence-electron chi connectivity index (χ3n) is 5.10. The molecule has 0 rings (SSSR count). The predicted octanol–water partition coefficient (Wildman–Crippen LogP) is 5.22. The van der Waals surface area contributed by atoms with Crippen molar-refractivity contribution in [2.24, 2.45) is 5.92 Å². The van der Waals surface area contributed by atoms with Crippen molar-refractivity contribution in [3.8, 4) is 0 Å². The molecule has 0 bridgehead atoms. The Morgan fingerprint density at radius 3 is 2.26 bits per heavy atom. The molecule has 31 heavy (non-hydrogen) atoms. The van der Waals surface area contributed by atoms with Gasteiger partial charge in [-0.3, -0.25) is 14.4 Å². The molecule has 0 saturated heterocycles. The second-order valence-corrected chi connectivity index (χ2v) is 7.64. The lowest BCUT2D eigenvalue weighted by molar-refractivity contribution is -0.150.